The zero-order valence-electron chi connectivity index (χ0n) is 16.7. The van der Waals surface area contributed by atoms with Gasteiger partial charge in [-0.3, -0.25) is 9.69 Å². The van der Waals surface area contributed by atoms with Gasteiger partial charge in [0.05, 0.1) is 6.67 Å². The van der Waals surface area contributed by atoms with Gasteiger partial charge in [0, 0.05) is 6.04 Å². The molecule has 0 bridgehead atoms. The number of carbonyl (C=O) groups excluding carboxylic acids is 2. The Balaban J connectivity index is 1.55. The normalized spacial score (nSPS) is 29.9. The van der Waals surface area contributed by atoms with E-state index in [2.05, 4.69) is 48.3 Å². The summed E-state index contributed by atoms with van der Waals surface area (Å²) in [7, 11) is 2.03. The molecule has 0 aromatic heterocycles. The number of urea groups is 1. The molecule has 5 heteroatoms. The third-order valence-electron chi connectivity index (χ3n) is 7.22. The molecule has 2 fully saturated rings. The smallest absolute Gasteiger partial charge is 0.323 e. The van der Waals surface area contributed by atoms with Gasteiger partial charge in [0.2, 0.25) is 0 Å². The van der Waals surface area contributed by atoms with Crippen LogP contribution in [-0.2, 0) is 11.2 Å². The molecule has 3 atom stereocenters. The third-order valence-corrected chi connectivity index (χ3v) is 7.22. The molecule has 1 saturated carbocycles. The van der Waals surface area contributed by atoms with Crippen LogP contribution in [0.5, 0.6) is 0 Å². The first-order valence-corrected chi connectivity index (χ1v) is 10.4. The molecular formula is C22H31N3O2. The molecule has 3 amide bonds. The maximum absolute atomic E-state index is 13.4. The van der Waals surface area contributed by atoms with Crippen LogP contribution in [-0.4, -0.2) is 41.0 Å². The van der Waals surface area contributed by atoms with E-state index in [0.717, 1.165) is 38.5 Å². The SMILES string of the molecule is C[C@@H]1CCC[C@@H](C)C12NC(=O)N(CN(C)[C@@H]1CCCc3ccccc31)C2=O. The molecule has 0 radical (unpaired) electrons. The monoisotopic (exact) mass is 369 g/mol. The summed E-state index contributed by atoms with van der Waals surface area (Å²) in [5.74, 6) is 0.343. The van der Waals surface area contributed by atoms with Crippen LogP contribution < -0.4 is 5.32 Å². The molecule has 5 nitrogen and oxygen atoms in total. The van der Waals surface area contributed by atoms with E-state index in [0.29, 0.717) is 6.67 Å². The summed E-state index contributed by atoms with van der Waals surface area (Å²) in [4.78, 5) is 29.8. The first-order chi connectivity index (χ1) is 12.9. The average molecular weight is 370 g/mol. The number of benzene rings is 1. The molecule has 1 aliphatic heterocycles. The predicted octanol–water partition coefficient (Wildman–Crippen LogP) is 3.70. The minimum atomic E-state index is -0.708. The fourth-order valence-electron chi connectivity index (χ4n) is 5.59. The summed E-state index contributed by atoms with van der Waals surface area (Å²) in [6.45, 7) is 4.57. The Bertz CT molecular complexity index is 737. The van der Waals surface area contributed by atoms with Crippen LogP contribution in [0.15, 0.2) is 24.3 Å². The lowest BCUT2D eigenvalue weighted by atomic mass is 9.67. The average Bonchev–Trinajstić information content (AvgIpc) is 2.91. The van der Waals surface area contributed by atoms with Gasteiger partial charge in [-0.2, -0.15) is 0 Å². The second-order valence-corrected chi connectivity index (χ2v) is 8.77. The molecule has 2 aliphatic carbocycles. The maximum atomic E-state index is 13.4. The molecule has 1 N–H and O–H groups in total. The van der Waals surface area contributed by atoms with Crippen molar-refractivity contribution in [2.75, 3.05) is 13.7 Å². The van der Waals surface area contributed by atoms with Crippen molar-refractivity contribution in [3.05, 3.63) is 35.4 Å². The second kappa shape index (κ2) is 6.93. The van der Waals surface area contributed by atoms with Gasteiger partial charge in [-0.25, -0.2) is 9.69 Å². The fourth-order valence-corrected chi connectivity index (χ4v) is 5.59. The molecular weight excluding hydrogens is 338 g/mol. The van der Waals surface area contributed by atoms with E-state index in [1.807, 2.05) is 7.05 Å². The summed E-state index contributed by atoms with van der Waals surface area (Å²) < 4.78 is 0. The number of imide groups is 1. The molecule has 3 aliphatic rings. The maximum Gasteiger partial charge on any atom is 0.326 e. The first kappa shape index (κ1) is 18.5. The lowest BCUT2D eigenvalue weighted by molar-refractivity contribution is -0.138. The Morgan fingerprint density at radius 2 is 1.81 bits per heavy atom. The molecule has 146 valence electrons. The Hall–Kier alpha value is -1.88. The number of rotatable bonds is 3. The van der Waals surface area contributed by atoms with Crippen molar-refractivity contribution < 1.29 is 9.59 Å². The first-order valence-electron chi connectivity index (χ1n) is 10.4. The van der Waals surface area contributed by atoms with Crippen molar-refractivity contribution in [1.82, 2.24) is 15.1 Å². The number of hydrogen-bond acceptors (Lipinski definition) is 3. The molecule has 1 aromatic rings. The van der Waals surface area contributed by atoms with Crippen molar-refractivity contribution in [1.29, 1.82) is 0 Å². The predicted molar refractivity (Wildman–Crippen MR) is 105 cm³/mol. The number of amides is 3. The largest absolute Gasteiger partial charge is 0.326 e. The van der Waals surface area contributed by atoms with Crippen LogP contribution >= 0.6 is 0 Å². The highest BCUT2D eigenvalue weighted by Crippen LogP contribution is 2.42. The molecule has 27 heavy (non-hydrogen) atoms. The van der Waals surface area contributed by atoms with Crippen LogP contribution in [0.1, 0.15) is 63.1 Å². The van der Waals surface area contributed by atoms with E-state index in [-0.39, 0.29) is 29.8 Å². The minimum Gasteiger partial charge on any atom is -0.323 e. The van der Waals surface area contributed by atoms with E-state index >= 15 is 0 Å². The number of carbonyl (C=O) groups is 2. The number of fused-ring (bicyclic) bond motifs is 1. The van der Waals surface area contributed by atoms with Crippen LogP contribution in [0.4, 0.5) is 4.79 Å². The second-order valence-electron chi connectivity index (χ2n) is 8.77. The van der Waals surface area contributed by atoms with E-state index in [1.54, 1.807) is 0 Å². The van der Waals surface area contributed by atoms with Gasteiger partial charge in [-0.1, -0.05) is 44.5 Å². The highest BCUT2D eigenvalue weighted by molar-refractivity contribution is 6.07. The quantitative estimate of drug-likeness (QED) is 0.827. The molecule has 1 aromatic carbocycles. The lowest BCUT2D eigenvalue weighted by Gasteiger charge is -2.42. The van der Waals surface area contributed by atoms with E-state index < -0.39 is 5.54 Å². The lowest BCUT2D eigenvalue weighted by Crippen LogP contribution is -2.59. The summed E-state index contributed by atoms with van der Waals surface area (Å²) in [6, 6.07) is 8.59. The number of nitrogens with one attached hydrogen (secondary N) is 1. The Morgan fingerprint density at radius 3 is 2.56 bits per heavy atom. The van der Waals surface area contributed by atoms with E-state index in [1.165, 1.54) is 16.0 Å². The Kier molecular flexibility index (Phi) is 4.75. The van der Waals surface area contributed by atoms with Crippen molar-refractivity contribution in [2.24, 2.45) is 11.8 Å². The number of hydrogen-bond donors (Lipinski definition) is 1. The van der Waals surface area contributed by atoms with Gasteiger partial charge in [-0.05, 0) is 62.1 Å². The summed E-state index contributed by atoms with van der Waals surface area (Å²) in [5.41, 5.74) is 2.02. The Morgan fingerprint density at radius 1 is 1.11 bits per heavy atom. The van der Waals surface area contributed by atoms with Crippen LogP contribution in [0.25, 0.3) is 0 Å². The van der Waals surface area contributed by atoms with Gasteiger partial charge in [0.1, 0.15) is 5.54 Å². The summed E-state index contributed by atoms with van der Waals surface area (Å²) >= 11 is 0. The zero-order chi connectivity index (χ0) is 19.2. The van der Waals surface area contributed by atoms with Crippen molar-refractivity contribution in [2.45, 2.75) is 64.0 Å². The summed E-state index contributed by atoms with van der Waals surface area (Å²) in [5, 5.41) is 3.11. The Labute approximate surface area is 162 Å². The number of nitrogens with zero attached hydrogens (tertiary/aromatic N) is 2. The minimum absolute atomic E-state index is 0.0249. The standard InChI is InChI=1S/C22H31N3O2/c1-15-8-6-9-16(2)22(15)20(26)25(21(27)23-22)14-24(3)19-13-7-11-17-10-4-5-12-18(17)19/h4-5,10,12,15-16,19H,6-9,11,13-14H2,1-3H3,(H,23,27)/t15-,16-,19-/m1/s1. The summed E-state index contributed by atoms with van der Waals surface area (Å²) in [6.07, 6.45) is 6.44. The van der Waals surface area contributed by atoms with E-state index in [9.17, 15) is 9.59 Å². The van der Waals surface area contributed by atoms with Gasteiger partial charge in [-0.15, -0.1) is 0 Å². The molecule has 4 rings (SSSR count). The molecule has 1 spiro atoms. The van der Waals surface area contributed by atoms with Crippen LogP contribution in [0.2, 0.25) is 0 Å². The van der Waals surface area contributed by atoms with Gasteiger partial charge < -0.3 is 5.32 Å². The van der Waals surface area contributed by atoms with Crippen molar-refractivity contribution >= 4 is 11.9 Å². The van der Waals surface area contributed by atoms with Crippen molar-refractivity contribution in [3.8, 4) is 0 Å². The molecule has 1 heterocycles. The van der Waals surface area contributed by atoms with Gasteiger partial charge in [0.15, 0.2) is 0 Å². The molecule has 0 unspecified atom stereocenters. The molecule has 1 saturated heterocycles. The number of aryl methyl sites for hydroxylation is 1. The van der Waals surface area contributed by atoms with Gasteiger partial charge in [0.25, 0.3) is 5.91 Å². The fraction of sp³-hybridized carbons (Fsp3) is 0.636. The highest BCUT2D eigenvalue weighted by atomic mass is 16.2. The zero-order valence-corrected chi connectivity index (χ0v) is 16.7. The van der Waals surface area contributed by atoms with E-state index in [4.69, 9.17) is 0 Å². The van der Waals surface area contributed by atoms with Crippen LogP contribution in [0, 0.1) is 11.8 Å². The van der Waals surface area contributed by atoms with Crippen molar-refractivity contribution in [3.63, 3.8) is 0 Å². The topological polar surface area (TPSA) is 52.7 Å². The third kappa shape index (κ3) is 2.87. The highest BCUT2D eigenvalue weighted by Gasteiger charge is 2.58. The van der Waals surface area contributed by atoms with Gasteiger partial charge >= 0.3 is 6.03 Å². The van der Waals surface area contributed by atoms with Crippen LogP contribution in [0.3, 0.4) is 0 Å².